The van der Waals surface area contributed by atoms with Gasteiger partial charge in [0, 0.05) is 38.4 Å². The van der Waals surface area contributed by atoms with Crippen molar-refractivity contribution in [1.82, 2.24) is 24.1 Å². The highest BCUT2D eigenvalue weighted by atomic mass is 15.2. The Balaban J connectivity index is 1.47. The maximum Gasteiger partial charge on any atom is 0.238 e. The lowest BCUT2D eigenvalue weighted by atomic mass is 9.80. The maximum absolute atomic E-state index is 5.26. The molecule has 0 atom stereocenters. The van der Waals surface area contributed by atoms with E-state index < -0.39 is 0 Å². The van der Waals surface area contributed by atoms with Crippen LogP contribution in [0.5, 0.6) is 0 Å². The lowest BCUT2D eigenvalue weighted by molar-refractivity contribution is 0.568. The molecular weight excluding hydrogens is 635 g/mol. The van der Waals surface area contributed by atoms with E-state index in [1.807, 2.05) is 36.4 Å². The Morgan fingerprint density at radius 3 is 1.31 bits per heavy atom. The Labute approximate surface area is 304 Å². The highest BCUT2D eigenvalue weighted by Crippen LogP contribution is 2.42. The average Bonchev–Trinajstić information content (AvgIpc) is 3.68. The Morgan fingerprint density at radius 2 is 0.827 bits per heavy atom. The fourth-order valence-corrected chi connectivity index (χ4v) is 7.48. The van der Waals surface area contributed by atoms with E-state index in [0.717, 1.165) is 44.1 Å². The molecule has 3 aromatic heterocycles. The summed E-state index contributed by atoms with van der Waals surface area (Å²) in [5.41, 5.74) is 9.99. The smallest absolute Gasteiger partial charge is 0.238 e. The van der Waals surface area contributed by atoms with Crippen LogP contribution in [0.3, 0.4) is 0 Å². The summed E-state index contributed by atoms with van der Waals surface area (Å²) in [4.78, 5) is 15.5. The zero-order valence-electron chi connectivity index (χ0n) is 30.5. The molecule has 0 bridgehead atoms. The van der Waals surface area contributed by atoms with Crippen LogP contribution in [0.2, 0.25) is 0 Å². The van der Waals surface area contributed by atoms with Crippen LogP contribution in [0.4, 0.5) is 0 Å². The summed E-state index contributed by atoms with van der Waals surface area (Å²) in [6.45, 7) is 13.8. The molecule has 0 fully saturated rings. The summed E-state index contributed by atoms with van der Waals surface area (Å²) in [6.07, 6.45) is 0. The van der Waals surface area contributed by atoms with Crippen LogP contribution in [0.1, 0.15) is 52.7 Å². The van der Waals surface area contributed by atoms with Crippen molar-refractivity contribution in [3.63, 3.8) is 0 Å². The Morgan fingerprint density at radius 1 is 0.404 bits per heavy atom. The molecule has 0 saturated heterocycles. The van der Waals surface area contributed by atoms with Gasteiger partial charge < -0.3 is 4.57 Å². The van der Waals surface area contributed by atoms with Crippen LogP contribution in [0, 0.1) is 0 Å². The Hall–Kier alpha value is -6.07. The van der Waals surface area contributed by atoms with Gasteiger partial charge in [-0.15, -0.1) is 0 Å². The second-order valence-corrected chi connectivity index (χ2v) is 15.8. The lowest BCUT2D eigenvalue weighted by Crippen LogP contribution is -2.17. The van der Waals surface area contributed by atoms with Gasteiger partial charge in [-0.2, -0.15) is 9.97 Å². The van der Waals surface area contributed by atoms with Crippen molar-refractivity contribution in [2.75, 3.05) is 0 Å². The number of para-hydroxylation sites is 2. The van der Waals surface area contributed by atoms with E-state index in [1.54, 1.807) is 0 Å². The van der Waals surface area contributed by atoms with Crippen LogP contribution < -0.4 is 0 Å². The molecular formula is C47H41N5. The molecule has 3 heterocycles. The summed E-state index contributed by atoms with van der Waals surface area (Å²) in [6, 6.07) is 49.5. The number of benzene rings is 6. The van der Waals surface area contributed by atoms with Gasteiger partial charge in [0.05, 0.1) is 22.1 Å². The van der Waals surface area contributed by atoms with Gasteiger partial charge in [0.1, 0.15) is 0 Å². The molecule has 52 heavy (non-hydrogen) atoms. The van der Waals surface area contributed by atoms with E-state index in [9.17, 15) is 0 Å². The van der Waals surface area contributed by atoms with E-state index in [-0.39, 0.29) is 10.8 Å². The van der Waals surface area contributed by atoms with Crippen molar-refractivity contribution in [2.24, 2.45) is 0 Å². The predicted octanol–water partition coefficient (Wildman–Crippen LogP) is 12.0. The number of fused-ring (bicyclic) bond motifs is 7. The molecule has 0 aliphatic heterocycles. The van der Waals surface area contributed by atoms with Crippen LogP contribution >= 0.6 is 0 Å². The molecule has 0 saturated carbocycles. The van der Waals surface area contributed by atoms with E-state index >= 15 is 0 Å². The van der Waals surface area contributed by atoms with Gasteiger partial charge in [-0.25, -0.2) is 4.98 Å². The van der Waals surface area contributed by atoms with Gasteiger partial charge in [0.15, 0.2) is 11.6 Å². The van der Waals surface area contributed by atoms with E-state index in [1.165, 1.54) is 27.4 Å². The van der Waals surface area contributed by atoms with Gasteiger partial charge in [0.2, 0.25) is 5.95 Å². The normalized spacial score (nSPS) is 12.4. The maximum atomic E-state index is 5.26. The van der Waals surface area contributed by atoms with Gasteiger partial charge in [0.25, 0.3) is 0 Å². The third-order valence-corrected chi connectivity index (χ3v) is 10.3. The third kappa shape index (κ3) is 5.19. The van der Waals surface area contributed by atoms with Gasteiger partial charge in [-0.1, -0.05) is 157 Å². The molecule has 9 aromatic rings. The summed E-state index contributed by atoms with van der Waals surface area (Å²) >= 11 is 0. The Bertz CT molecular complexity index is 2700. The van der Waals surface area contributed by atoms with Crippen molar-refractivity contribution in [3.05, 3.63) is 151 Å². The SMILES string of the molecule is CC(C)(C)c1cc(-n2c3ccccc3c3ccc4c5ccccc5n(-c5nc(-c6ccccc6)nc(-c6ccccc6)n5)c4c32)cc(C(C)(C)C)c1. The lowest BCUT2D eigenvalue weighted by Gasteiger charge is -2.27. The third-order valence-electron chi connectivity index (χ3n) is 10.3. The van der Waals surface area contributed by atoms with Crippen LogP contribution in [-0.2, 0) is 10.8 Å². The van der Waals surface area contributed by atoms with Crippen LogP contribution in [0.15, 0.2) is 140 Å². The topological polar surface area (TPSA) is 48.5 Å². The molecule has 6 aromatic carbocycles. The monoisotopic (exact) mass is 675 g/mol. The first-order valence-electron chi connectivity index (χ1n) is 18.1. The number of rotatable bonds is 4. The average molecular weight is 676 g/mol. The first kappa shape index (κ1) is 31.9. The number of hydrogen-bond donors (Lipinski definition) is 0. The minimum atomic E-state index is -0.0362. The molecule has 9 rings (SSSR count). The highest BCUT2D eigenvalue weighted by molar-refractivity contribution is 6.23. The van der Waals surface area contributed by atoms with Crippen LogP contribution in [-0.4, -0.2) is 24.1 Å². The number of hydrogen-bond acceptors (Lipinski definition) is 3. The molecule has 0 unspecified atom stereocenters. The highest BCUT2D eigenvalue weighted by Gasteiger charge is 2.26. The van der Waals surface area contributed by atoms with Crippen molar-refractivity contribution in [1.29, 1.82) is 0 Å². The fraction of sp³-hybridized carbons (Fsp3) is 0.170. The Kier molecular flexibility index (Phi) is 7.20. The molecule has 5 nitrogen and oxygen atoms in total. The van der Waals surface area contributed by atoms with Crippen molar-refractivity contribution >= 4 is 43.6 Å². The van der Waals surface area contributed by atoms with E-state index in [2.05, 4.69) is 154 Å². The summed E-state index contributed by atoms with van der Waals surface area (Å²) in [5, 5.41) is 4.70. The van der Waals surface area contributed by atoms with Gasteiger partial charge >= 0.3 is 0 Å². The molecule has 5 heteroatoms. The van der Waals surface area contributed by atoms with E-state index in [4.69, 9.17) is 15.0 Å². The molecule has 0 spiro atoms. The zero-order valence-corrected chi connectivity index (χ0v) is 30.5. The van der Waals surface area contributed by atoms with Crippen molar-refractivity contribution < 1.29 is 0 Å². The summed E-state index contributed by atoms with van der Waals surface area (Å²) < 4.78 is 4.74. The first-order valence-corrected chi connectivity index (χ1v) is 18.1. The second kappa shape index (κ2) is 11.7. The molecule has 0 aliphatic carbocycles. The van der Waals surface area contributed by atoms with Crippen LogP contribution in [0.25, 0.3) is 78.0 Å². The quantitative estimate of drug-likeness (QED) is 0.187. The predicted molar refractivity (Wildman–Crippen MR) is 217 cm³/mol. The van der Waals surface area contributed by atoms with Crippen molar-refractivity contribution in [2.45, 2.75) is 52.4 Å². The molecule has 0 aliphatic rings. The first-order chi connectivity index (χ1) is 25.1. The molecule has 0 radical (unpaired) electrons. The molecule has 0 N–H and O–H groups in total. The zero-order chi connectivity index (χ0) is 35.8. The largest absolute Gasteiger partial charge is 0.307 e. The minimum absolute atomic E-state index is 0.0362. The fourth-order valence-electron chi connectivity index (χ4n) is 7.48. The number of aromatic nitrogens is 5. The summed E-state index contributed by atoms with van der Waals surface area (Å²) in [5.74, 6) is 1.86. The van der Waals surface area contributed by atoms with Crippen molar-refractivity contribution in [3.8, 4) is 34.4 Å². The molecule has 254 valence electrons. The van der Waals surface area contributed by atoms with Gasteiger partial charge in [-0.3, -0.25) is 4.57 Å². The van der Waals surface area contributed by atoms with Gasteiger partial charge in [-0.05, 0) is 46.2 Å². The molecule has 0 amide bonds. The second-order valence-electron chi connectivity index (χ2n) is 15.8. The minimum Gasteiger partial charge on any atom is -0.307 e. The standard InChI is InChI=1S/C47H41N5/c1-46(2,3)32-27-33(47(4,5)6)29-34(28-32)51-39-23-15-13-21-35(39)37-25-26-38-36-22-14-16-24-40(36)52(42(38)41(37)51)45-49-43(30-17-9-7-10-18-30)48-44(50-45)31-19-11-8-12-20-31/h7-29H,1-6H3. The number of nitrogens with zero attached hydrogens (tertiary/aromatic N) is 5. The summed E-state index contributed by atoms with van der Waals surface area (Å²) in [7, 11) is 0. The van der Waals surface area contributed by atoms with E-state index in [0.29, 0.717) is 17.6 Å².